The van der Waals surface area contributed by atoms with Gasteiger partial charge in [0.05, 0.1) is 52.9 Å². The number of aliphatic hydroxyl groups excluding tert-OH is 1. The van der Waals surface area contributed by atoms with Gasteiger partial charge in [0.15, 0.2) is 23.1 Å². The molecule has 9 heteroatoms. The van der Waals surface area contributed by atoms with Crippen molar-refractivity contribution in [3.05, 3.63) is 36.0 Å². The zero-order valence-electron chi connectivity index (χ0n) is 39.6. The van der Waals surface area contributed by atoms with Gasteiger partial charge in [-0.1, -0.05) is 43.2 Å². The lowest BCUT2D eigenvalue weighted by Gasteiger charge is -2.60. The fourth-order valence-corrected chi connectivity index (χ4v) is 18.9. The van der Waals surface area contributed by atoms with Crippen molar-refractivity contribution < 1.29 is 43.0 Å². The van der Waals surface area contributed by atoms with Gasteiger partial charge >= 0.3 is 0 Å². The van der Waals surface area contributed by atoms with Gasteiger partial charge in [0, 0.05) is 44.1 Å². The Labute approximate surface area is 379 Å². The zero-order chi connectivity index (χ0) is 43.4. The molecule has 9 nitrogen and oxygen atoms in total. The van der Waals surface area contributed by atoms with Crippen molar-refractivity contribution in [2.24, 2.45) is 69.0 Å². The molecule has 63 heavy (non-hydrogen) atoms. The van der Waals surface area contributed by atoms with Gasteiger partial charge in [-0.15, -0.1) is 6.58 Å². The van der Waals surface area contributed by atoms with E-state index in [0.717, 1.165) is 127 Å². The molecular weight excluding hydrogens is 793 g/mol. The highest BCUT2D eigenvalue weighted by atomic mass is 16.8. The SMILES string of the molecule is C=CC[C@]12CC[C@@H]3[C@@H](CC=C4CC5(CC[C@]43C)OCCO5)[C@@H]1CC[C@@H]2C1(C)OCCO1.CC1([C@H]2CC[C@H]3[C@@H]4CC=C5CC6(CC[C@@]5(C)[C@@H]4CC[C@]23CCCO)OCCO6)OCCO1. The summed E-state index contributed by atoms with van der Waals surface area (Å²) in [5.74, 6) is 3.96. The summed E-state index contributed by atoms with van der Waals surface area (Å²) >= 11 is 0. The second-order valence-corrected chi connectivity index (χ2v) is 23.6. The normalized spacial score (nSPS) is 47.0. The highest BCUT2D eigenvalue weighted by Gasteiger charge is 2.67. The minimum absolute atomic E-state index is 0.248. The van der Waals surface area contributed by atoms with Crippen LogP contribution in [0.5, 0.6) is 0 Å². The Morgan fingerprint density at radius 1 is 0.540 bits per heavy atom. The molecule has 0 aromatic carbocycles. The average Bonchev–Trinajstić information content (AvgIpc) is 4.15. The van der Waals surface area contributed by atoms with Crippen LogP contribution in [-0.2, 0) is 37.9 Å². The maximum Gasteiger partial charge on any atom is 0.172 e. The van der Waals surface area contributed by atoms with E-state index in [1.54, 1.807) is 11.1 Å². The van der Waals surface area contributed by atoms with Crippen molar-refractivity contribution in [3.63, 3.8) is 0 Å². The van der Waals surface area contributed by atoms with Gasteiger partial charge in [0.25, 0.3) is 0 Å². The van der Waals surface area contributed by atoms with E-state index in [-0.39, 0.29) is 34.4 Å². The maximum absolute atomic E-state index is 9.76. The molecule has 4 aliphatic heterocycles. The molecule has 12 rings (SSSR count). The maximum atomic E-state index is 9.76. The predicted molar refractivity (Wildman–Crippen MR) is 240 cm³/mol. The van der Waals surface area contributed by atoms with Crippen molar-refractivity contribution in [3.8, 4) is 0 Å². The van der Waals surface area contributed by atoms with Gasteiger partial charge in [-0.2, -0.15) is 0 Å². The largest absolute Gasteiger partial charge is 0.396 e. The third-order valence-corrected chi connectivity index (χ3v) is 21.6. The van der Waals surface area contributed by atoms with Gasteiger partial charge in [-0.25, -0.2) is 0 Å². The van der Waals surface area contributed by atoms with Gasteiger partial charge < -0.3 is 43.0 Å². The van der Waals surface area contributed by atoms with Gasteiger partial charge in [-0.05, 0) is 167 Å². The van der Waals surface area contributed by atoms with E-state index < -0.39 is 11.6 Å². The van der Waals surface area contributed by atoms with Gasteiger partial charge in [0.2, 0.25) is 0 Å². The predicted octanol–water partition coefficient (Wildman–Crippen LogP) is 10.5. The van der Waals surface area contributed by atoms with Crippen LogP contribution < -0.4 is 0 Å². The molecule has 0 bridgehead atoms. The first kappa shape index (κ1) is 44.4. The van der Waals surface area contributed by atoms with Crippen LogP contribution in [0.25, 0.3) is 0 Å². The van der Waals surface area contributed by atoms with E-state index in [1.807, 2.05) is 0 Å². The average molecular weight is 875 g/mol. The molecule has 0 amide bonds. The highest BCUT2D eigenvalue weighted by molar-refractivity contribution is 5.29. The summed E-state index contributed by atoms with van der Waals surface area (Å²) in [5.41, 5.74) is 4.37. The number of hydrogen-bond donors (Lipinski definition) is 1. The molecule has 10 fully saturated rings. The molecule has 0 aromatic heterocycles. The van der Waals surface area contributed by atoms with Crippen molar-refractivity contribution in [1.29, 1.82) is 0 Å². The Hall–Kier alpha value is -1.14. The molecule has 4 saturated heterocycles. The summed E-state index contributed by atoms with van der Waals surface area (Å²) in [6, 6.07) is 0. The van der Waals surface area contributed by atoms with Crippen molar-refractivity contribution in [2.75, 3.05) is 59.5 Å². The van der Waals surface area contributed by atoms with E-state index in [2.05, 4.69) is 52.5 Å². The van der Waals surface area contributed by atoms with E-state index in [4.69, 9.17) is 37.9 Å². The lowest BCUT2D eigenvalue weighted by Crippen LogP contribution is -2.55. The number of fused-ring (bicyclic) bond motifs is 10. The van der Waals surface area contributed by atoms with Crippen LogP contribution in [0, 0.1) is 69.0 Å². The minimum Gasteiger partial charge on any atom is -0.396 e. The monoisotopic (exact) mass is 875 g/mol. The number of ether oxygens (including phenoxy) is 8. The quantitative estimate of drug-likeness (QED) is 0.251. The molecule has 12 atom stereocenters. The second kappa shape index (κ2) is 16.2. The lowest BCUT2D eigenvalue weighted by atomic mass is 9.46. The molecule has 6 saturated carbocycles. The molecular formula is C54H82O9. The Morgan fingerprint density at radius 3 is 1.43 bits per heavy atom. The summed E-state index contributed by atoms with van der Waals surface area (Å²) in [4.78, 5) is 0. The first-order chi connectivity index (χ1) is 30.4. The molecule has 8 aliphatic carbocycles. The van der Waals surface area contributed by atoms with Crippen molar-refractivity contribution in [1.82, 2.24) is 0 Å². The smallest absolute Gasteiger partial charge is 0.172 e. The molecule has 0 aromatic rings. The van der Waals surface area contributed by atoms with Crippen LogP contribution in [-0.4, -0.2) is 87.7 Å². The number of aliphatic hydroxyl groups is 1. The Morgan fingerprint density at radius 2 is 0.968 bits per heavy atom. The standard InChI is InChI=1S/C27H42O5.C27H40O4/c1-24-11-12-27(31-16-17-32-27)18-19(24)4-5-20-21(24)8-10-26(9-3-13-28)22(20)6-7-23(26)25(2)29-14-15-30-25;1-4-10-26-11-9-21-20(22(26)7-8-23(26)25(3)28-14-15-29-25)6-5-19-18-27(30-16-17-31-27)13-12-24(19,21)2/h4,20-23,28H,3,5-18H2,1-2H3;4-5,20-23H,1,6-18H2,2-3H3/t2*20-,21-,22+,23-,24-,26+/m11/s1. The summed E-state index contributed by atoms with van der Waals surface area (Å²) < 4.78 is 49.4. The second-order valence-electron chi connectivity index (χ2n) is 23.6. The molecule has 0 radical (unpaired) electrons. The Kier molecular flexibility index (Phi) is 11.4. The highest BCUT2D eigenvalue weighted by Crippen LogP contribution is 2.72. The molecule has 0 unspecified atom stereocenters. The summed E-state index contributed by atoms with van der Waals surface area (Å²) in [6.45, 7) is 19.9. The van der Waals surface area contributed by atoms with Crippen LogP contribution in [0.3, 0.4) is 0 Å². The van der Waals surface area contributed by atoms with E-state index in [1.165, 1.54) is 77.0 Å². The summed E-state index contributed by atoms with van der Waals surface area (Å²) in [6.07, 6.45) is 29.5. The van der Waals surface area contributed by atoms with E-state index in [0.29, 0.717) is 23.2 Å². The number of rotatable bonds is 7. The first-order valence-corrected chi connectivity index (χ1v) is 26.1. The Bertz CT molecular complexity index is 1770. The molecule has 352 valence electrons. The first-order valence-electron chi connectivity index (χ1n) is 26.1. The summed E-state index contributed by atoms with van der Waals surface area (Å²) in [7, 11) is 0. The Balaban J connectivity index is 0.000000141. The molecule has 2 spiro atoms. The van der Waals surface area contributed by atoms with Crippen LogP contribution in [0.2, 0.25) is 0 Å². The third-order valence-electron chi connectivity index (χ3n) is 21.6. The van der Waals surface area contributed by atoms with Crippen LogP contribution in [0.1, 0.15) is 150 Å². The van der Waals surface area contributed by atoms with E-state index in [9.17, 15) is 5.11 Å². The minimum atomic E-state index is -0.440. The van der Waals surface area contributed by atoms with Crippen LogP contribution in [0.4, 0.5) is 0 Å². The fraction of sp³-hybridized carbons (Fsp3) is 0.889. The molecule has 12 aliphatic rings. The zero-order valence-corrected chi connectivity index (χ0v) is 39.6. The van der Waals surface area contributed by atoms with Crippen LogP contribution >= 0.6 is 0 Å². The molecule has 4 heterocycles. The lowest BCUT2D eigenvalue weighted by molar-refractivity contribution is -0.221. The van der Waals surface area contributed by atoms with Crippen molar-refractivity contribution >= 4 is 0 Å². The number of hydrogen-bond acceptors (Lipinski definition) is 9. The number of allylic oxidation sites excluding steroid dienone is 3. The van der Waals surface area contributed by atoms with Gasteiger partial charge in [0.1, 0.15) is 0 Å². The van der Waals surface area contributed by atoms with Gasteiger partial charge in [-0.3, -0.25) is 0 Å². The topological polar surface area (TPSA) is 94.1 Å². The summed E-state index contributed by atoms with van der Waals surface area (Å²) in [5, 5.41) is 9.76. The molecule has 1 N–H and O–H groups in total. The van der Waals surface area contributed by atoms with E-state index >= 15 is 0 Å². The fourth-order valence-electron chi connectivity index (χ4n) is 18.9. The van der Waals surface area contributed by atoms with Crippen LogP contribution in [0.15, 0.2) is 36.0 Å². The third kappa shape index (κ3) is 6.82. The van der Waals surface area contributed by atoms with Crippen molar-refractivity contribution in [2.45, 2.75) is 173 Å².